The van der Waals surface area contributed by atoms with Gasteiger partial charge in [-0.1, -0.05) is 38.1 Å². The van der Waals surface area contributed by atoms with Gasteiger partial charge in [-0.05, 0) is 112 Å². The number of rotatable bonds is 16. The highest BCUT2D eigenvalue weighted by molar-refractivity contribution is 6.54. The molecule has 0 saturated carbocycles. The summed E-state index contributed by atoms with van der Waals surface area (Å²) < 4.78 is 24.0. The van der Waals surface area contributed by atoms with Crippen molar-refractivity contribution >= 4 is 34.8 Å². The molecule has 0 spiro atoms. The number of hydrogen-bond donors (Lipinski definition) is 0. The molecule has 10 heteroatoms. The monoisotopic (exact) mass is 706 g/mol. The molecule has 0 radical (unpaired) electrons. The Morgan fingerprint density at radius 2 is 1.00 bits per heavy atom. The second kappa shape index (κ2) is 15.3. The molecule has 2 unspecified atom stereocenters. The van der Waals surface area contributed by atoms with Crippen LogP contribution in [0.2, 0.25) is 0 Å². The van der Waals surface area contributed by atoms with E-state index in [4.69, 9.17) is 18.9 Å². The highest BCUT2D eigenvalue weighted by Crippen LogP contribution is 2.40. The van der Waals surface area contributed by atoms with Gasteiger partial charge in [-0.3, -0.25) is 19.2 Å². The van der Waals surface area contributed by atoms with E-state index in [0.717, 1.165) is 47.1 Å². The number of amides is 2. The van der Waals surface area contributed by atoms with Gasteiger partial charge in [-0.15, -0.1) is 0 Å². The molecule has 4 aromatic carbocycles. The van der Waals surface area contributed by atoms with E-state index < -0.39 is 28.8 Å². The normalized spacial score (nSPS) is 14.9. The molecule has 0 aliphatic carbocycles. The van der Waals surface area contributed by atoms with Crippen LogP contribution in [0.5, 0.6) is 23.0 Å². The Morgan fingerprint density at radius 1 is 0.635 bits per heavy atom. The Morgan fingerprint density at radius 3 is 1.37 bits per heavy atom. The van der Waals surface area contributed by atoms with Crippen LogP contribution in [0.4, 0.5) is 11.4 Å². The van der Waals surface area contributed by atoms with E-state index >= 15 is 0 Å². The van der Waals surface area contributed by atoms with E-state index in [1.54, 1.807) is 12.1 Å². The summed E-state index contributed by atoms with van der Waals surface area (Å²) in [6, 6.07) is 30.4. The van der Waals surface area contributed by atoms with E-state index in [0.29, 0.717) is 18.1 Å². The Bertz CT molecular complexity index is 1870. The SMILES string of the molecule is CC(=O)C1(C(C)=O)C(=O)N(c2ccc(OCC(C)Oc3ccc(C(C)(C)c4ccc(OC(C)COc5ccc(N(C)C)cc5)cc4)cc3)cc2)C1=O. The molecule has 5 rings (SSSR count). The number of hydrogen-bond acceptors (Lipinski definition) is 9. The first kappa shape index (κ1) is 37.6. The number of ketones is 2. The lowest BCUT2D eigenvalue weighted by Crippen LogP contribution is -2.72. The van der Waals surface area contributed by atoms with Gasteiger partial charge in [-0.25, -0.2) is 4.90 Å². The van der Waals surface area contributed by atoms with Crippen molar-refractivity contribution in [2.45, 2.75) is 59.2 Å². The molecular formula is C42H46N2O8. The lowest BCUT2D eigenvalue weighted by molar-refractivity contribution is -0.161. The van der Waals surface area contributed by atoms with Crippen molar-refractivity contribution in [2.24, 2.45) is 5.41 Å². The largest absolute Gasteiger partial charge is 0.490 e. The van der Waals surface area contributed by atoms with Crippen molar-refractivity contribution in [3.05, 3.63) is 108 Å². The van der Waals surface area contributed by atoms with E-state index in [9.17, 15) is 19.2 Å². The van der Waals surface area contributed by atoms with Crippen molar-refractivity contribution in [1.82, 2.24) is 0 Å². The summed E-state index contributed by atoms with van der Waals surface area (Å²) in [5.74, 6) is -0.418. The number of β-lactam (4-membered cyclic amide) rings is 2. The number of ether oxygens (including phenoxy) is 4. The van der Waals surface area contributed by atoms with Crippen LogP contribution >= 0.6 is 0 Å². The van der Waals surface area contributed by atoms with Crippen LogP contribution in [-0.2, 0) is 24.6 Å². The maximum absolute atomic E-state index is 12.7. The molecule has 0 bridgehead atoms. The van der Waals surface area contributed by atoms with Gasteiger partial charge >= 0.3 is 0 Å². The summed E-state index contributed by atoms with van der Waals surface area (Å²) >= 11 is 0. The topological polar surface area (TPSA) is 112 Å². The lowest BCUT2D eigenvalue weighted by atomic mass is 9.71. The summed E-state index contributed by atoms with van der Waals surface area (Å²) in [4.78, 5) is 52.4. The maximum Gasteiger partial charge on any atom is 0.264 e. The molecule has 52 heavy (non-hydrogen) atoms. The fourth-order valence-corrected chi connectivity index (χ4v) is 6.11. The third kappa shape index (κ3) is 7.66. The highest BCUT2D eigenvalue weighted by atomic mass is 16.5. The quantitative estimate of drug-likeness (QED) is 0.0917. The average molecular weight is 707 g/mol. The van der Waals surface area contributed by atoms with Crippen molar-refractivity contribution < 1.29 is 38.1 Å². The Labute approximate surface area is 305 Å². The van der Waals surface area contributed by atoms with Crippen LogP contribution in [0.1, 0.15) is 52.7 Å². The first-order valence-corrected chi connectivity index (χ1v) is 17.2. The summed E-state index contributed by atoms with van der Waals surface area (Å²) in [6.45, 7) is 11.1. The molecule has 2 atom stereocenters. The fraction of sp³-hybridized carbons (Fsp3) is 0.333. The van der Waals surface area contributed by atoms with Gasteiger partial charge in [-0.2, -0.15) is 0 Å². The van der Waals surface area contributed by atoms with Crippen LogP contribution < -0.4 is 28.7 Å². The Kier molecular flexibility index (Phi) is 11.1. The Balaban J connectivity index is 1.09. The minimum absolute atomic E-state index is 0.132. The molecule has 10 nitrogen and oxygen atoms in total. The molecule has 1 aliphatic heterocycles. The third-order valence-corrected chi connectivity index (χ3v) is 9.35. The molecule has 0 N–H and O–H groups in total. The van der Waals surface area contributed by atoms with Crippen LogP contribution in [0, 0.1) is 5.41 Å². The molecular weight excluding hydrogens is 660 g/mol. The predicted molar refractivity (Wildman–Crippen MR) is 200 cm³/mol. The number of imide groups is 1. The van der Waals surface area contributed by atoms with E-state index in [-0.39, 0.29) is 29.9 Å². The number of carbonyl (C=O) groups excluding carboxylic acids is 4. The van der Waals surface area contributed by atoms with Gasteiger partial charge in [0.1, 0.15) is 48.4 Å². The standard InChI is InChI=1S/C42H46N2O8/c1-27(25-49-35-21-13-33(14-22-35)43(7)8)51-37-17-9-31(10-18-37)41(5,6)32-11-19-38(20-12-32)52-28(2)26-50-36-23-15-34(16-24-36)44-39(47)42(29(3)45,30(4)46)40(44)48/h9-24,27-28H,25-26H2,1-8H3. The zero-order valence-corrected chi connectivity index (χ0v) is 31.0. The number of anilines is 2. The zero-order chi connectivity index (χ0) is 37.8. The van der Waals surface area contributed by atoms with Crippen molar-refractivity contribution in [3.8, 4) is 23.0 Å². The Hall–Kier alpha value is -5.64. The smallest absolute Gasteiger partial charge is 0.264 e. The summed E-state index contributed by atoms with van der Waals surface area (Å²) in [5, 5.41) is 0. The van der Waals surface area contributed by atoms with Crippen LogP contribution in [0.25, 0.3) is 0 Å². The summed E-state index contributed by atoms with van der Waals surface area (Å²) in [6.07, 6.45) is -0.416. The van der Waals surface area contributed by atoms with Crippen molar-refractivity contribution in [3.63, 3.8) is 0 Å². The van der Waals surface area contributed by atoms with Crippen molar-refractivity contribution in [1.29, 1.82) is 0 Å². The minimum atomic E-state index is -2.23. The molecule has 0 aromatic heterocycles. The molecule has 1 saturated heterocycles. The van der Waals surface area contributed by atoms with E-state index in [1.807, 2.05) is 81.4 Å². The van der Waals surface area contributed by atoms with Crippen molar-refractivity contribution in [2.75, 3.05) is 37.1 Å². The zero-order valence-electron chi connectivity index (χ0n) is 31.0. The maximum atomic E-state index is 12.7. The van der Waals surface area contributed by atoms with Crippen LogP contribution in [-0.4, -0.2) is 62.9 Å². The van der Waals surface area contributed by atoms with E-state index in [2.05, 4.69) is 38.1 Å². The highest BCUT2D eigenvalue weighted by Gasteiger charge is 2.68. The molecule has 2 amide bonds. The molecule has 1 fully saturated rings. The number of nitrogens with zero attached hydrogens (tertiary/aromatic N) is 2. The van der Waals surface area contributed by atoms with Crippen LogP contribution in [0.15, 0.2) is 97.1 Å². The van der Waals surface area contributed by atoms with Gasteiger partial charge in [0.25, 0.3) is 11.8 Å². The summed E-state index contributed by atoms with van der Waals surface area (Å²) in [7, 11) is 4.01. The van der Waals surface area contributed by atoms with Crippen LogP contribution in [0.3, 0.4) is 0 Å². The van der Waals surface area contributed by atoms with Gasteiger partial charge in [0.05, 0.1) is 5.69 Å². The molecule has 1 aliphatic rings. The van der Waals surface area contributed by atoms with Gasteiger partial charge in [0, 0.05) is 25.2 Å². The number of carbonyl (C=O) groups is 4. The van der Waals surface area contributed by atoms with Gasteiger partial charge in [0.15, 0.2) is 11.6 Å². The fourth-order valence-electron chi connectivity index (χ4n) is 6.11. The predicted octanol–water partition coefficient (Wildman–Crippen LogP) is 6.81. The first-order chi connectivity index (χ1) is 24.6. The minimum Gasteiger partial charge on any atom is -0.490 e. The molecule has 272 valence electrons. The van der Waals surface area contributed by atoms with Gasteiger partial charge < -0.3 is 23.8 Å². The molecule has 1 heterocycles. The lowest BCUT2D eigenvalue weighted by Gasteiger charge is -2.42. The average Bonchev–Trinajstić information content (AvgIpc) is 3.11. The second-order valence-electron chi connectivity index (χ2n) is 13.8. The first-order valence-electron chi connectivity index (χ1n) is 17.2. The second-order valence-corrected chi connectivity index (χ2v) is 13.8. The molecule has 4 aromatic rings. The number of benzene rings is 4. The third-order valence-electron chi connectivity index (χ3n) is 9.35. The number of Topliss-reactive ketones (excluding diaryl/α,β-unsaturated/α-hetero) is 2. The summed E-state index contributed by atoms with van der Waals surface area (Å²) in [5.41, 5.74) is 1.15. The van der Waals surface area contributed by atoms with Gasteiger partial charge in [0.2, 0.25) is 5.41 Å². The van der Waals surface area contributed by atoms with E-state index in [1.165, 1.54) is 12.1 Å².